The first-order valence-corrected chi connectivity index (χ1v) is 12.1. The zero-order chi connectivity index (χ0) is 19.4. The highest BCUT2D eigenvalue weighted by atomic mass is 32.1. The largest absolute Gasteiger partial charge is 0.381 e. The van der Waals surface area contributed by atoms with Gasteiger partial charge in [0.05, 0.1) is 11.0 Å². The van der Waals surface area contributed by atoms with Crippen LogP contribution in [-0.4, -0.2) is 50.2 Å². The van der Waals surface area contributed by atoms with Crippen molar-refractivity contribution in [3.8, 4) is 0 Å². The summed E-state index contributed by atoms with van der Waals surface area (Å²) >= 11 is 1.74. The van der Waals surface area contributed by atoms with Crippen LogP contribution in [0.15, 0.2) is 6.07 Å². The van der Waals surface area contributed by atoms with Crippen molar-refractivity contribution in [2.24, 2.45) is 5.41 Å². The molecular formula is C23H36N2O2S. The Morgan fingerprint density at radius 1 is 1.18 bits per heavy atom. The van der Waals surface area contributed by atoms with Crippen molar-refractivity contribution in [2.75, 3.05) is 33.3 Å². The fourth-order valence-electron chi connectivity index (χ4n) is 5.16. The van der Waals surface area contributed by atoms with Crippen LogP contribution in [0.5, 0.6) is 0 Å². The summed E-state index contributed by atoms with van der Waals surface area (Å²) < 4.78 is 5.51. The summed E-state index contributed by atoms with van der Waals surface area (Å²) in [4.78, 5) is 17.9. The van der Waals surface area contributed by atoms with Gasteiger partial charge in [0.1, 0.15) is 0 Å². The molecule has 1 aromatic rings. The third-order valence-corrected chi connectivity index (χ3v) is 8.42. The van der Waals surface area contributed by atoms with Crippen LogP contribution in [0.1, 0.15) is 77.9 Å². The highest BCUT2D eigenvalue weighted by molar-refractivity contribution is 7.14. The van der Waals surface area contributed by atoms with Crippen molar-refractivity contribution in [3.05, 3.63) is 21.4 Å². The lowest BCUT2D eigenvalue weighted by Crippen LogP contribution is -2.51. The van der Waals surface area contributed by atoms with E-state index in [2.05, 4.69) is 16.3 Å². The number of nitrogens with zero attached hydrogens (tertiary/aromatic N) is 1. The Morgan fingerprint density at radius 3 is 2.61 bits per heavy atom. The van der Waals surface area contributed by atoms with Gasteiger partial charge in [-0.15, -0.1) is 11.3 Å². The van der Waals surface area contributed by atoms with Gasteiger partial charge < -0.3 is 15.0 Å². The molecule has 0 atom stereocenters. The van der Waals surface area contributed by atoms with Gasteiger partial charge in [-0.05, 0) is 63.0 Å². The van der Waals surface area contributed by atoms with Crippen LogP contribution in [0.4, 0.5) is 0 Å². The number of likely N-dealkylation sites (tertiary alicyclic amines) is 1. The van der Waals surface area contributed by atoms with Crippen LogP contribution in [0.2, 0.25) is 0 Å². The number of thiophene rings is 1. The molecule has 4 nitrogen and oxygen atoms in total. The van der Waals surface area contributed by atoms with Gasteiger partial charge >= 0.3 is 0 Å². The zero-order valence-corrected chi connectivity index (χ0v) is 18.2. The van der Waals surface area contributed by atoms with E-state index in [4.69, 9.17) is 4.74 Å². The number of fused-ring (bicyclic) bond motifs is 1. The van der Waals surface area contributed by atoms with E-state index in [1.165, 1.54) is 55.4 Å². The molecule has 0 bridgehead atoms. The van der Waals surface area contributed by atoms with Gasteiger partial charge in [0, 0.05) is 43.6 Å². The summed E-state index contributed by atoms with van der Waals surface area (Å²) in [5.74, 6) is 0.154. The molecule has 0 unspecified atom stereocenters. The normalized spacial score (nSPS) is 23.3. The molecule has 0 aromatic carbocycles. The first kappa shape index (κ1) is 20.4. The third kappa shape index (κ3) is 4.80. The average molecular weight is 405 g/mol. The van der Waals surface area contributed by atoms with Gasteiger partial charge in [-0.3, -0.25) is 4.79 Å². The van der Waals surface area contributed by atoms with Crippen molar-refractivity contribution in [1.82, 2.24) is 10.2 Å². The summed E-state index contributed by atoms with van der Waals surface area (Å²) in [7, 11) is 1.83. The number of nitrogens with one attached hydrogen (secondary N) is 1. The van der Waals surface area contributed by atoms with Crippen molar-refractivity contribution < 1.29 is 9.53 Å². The fraction of sp³-hybridized carbons (Fsp3) is 0.783. The molecule has 2 heterocycles. The lowest BCUT2D eigenvalue weighted by molar-refractivity contribution is 0.00777. The highest BCUT2D eigenvalue weighted by Crippen LogP contribution is 2.41. The molecule has 1 amide bonds. The van der Waals surface area contributed by atoms with E-state index >= 15 is 0 Å². The number of methoxy groups -OCH3 is 1. The van der Waals surface area contributed by atoms with Gasteiger partial charge in [0.25, 0.3) is 5.91 Å². The van der Waals surface area contributed by atoms with Gasteiger partial charge in [-0.25, -0.2) is 0 Å². The average Bonchev–Trinajstić information content (AvgIpc) is 3.06. The van der Waals surface area contributed by atoms with Crippen LogP contribution < -0.4 is 5.32 Å². The number of rotatable bonds is 6. The molecule has 2 aliphatic carbocycles. The molecule has 1 saturated carbocycles. The van der Waals surface area contributed by atoms with Crippen LogP contribution in [0.25, 0.3) is 0 Å². The Balaban J connectivity index is 1.31. The molecule has 2 fully saturated rings. The van der Waals surface area contributed by atoms with Gasteiger partial charge in [0.15, 0.2) is 0 Å². The second kappa shape index (κ2) is 9.27. The van der Waals surface area contributed by atoms with E-state index in [9.17, 15) is 4.79 Å². The Hall–Kier alpha value is -0.910. The summed E-state index contributed by atoms with van der Waals surface area (Å²) in [6.45, 7) is 4.22. The predicted molar refractivity (Wildman–Crippen MR) is 115 cm³/mol. The van der Waals surface area contributed by atoms with E-state index in [1.807, 2.05) is 7.11 Å². The van der Waals surface area contributed by atoms with Gasteiger partial charge in [-0.1, -0.05) is 19.3 Å². The van der Waals surface area contributed by atoms with Crippen LogP contribution in [-0.2, 0) is 17.6 Å². The Labute approximate surface area is 174 Å². The summed E-state index contributed by atoms with van der Waals surface area (Å²) in [5, 5.41) is 3.31. The van der Waals surface area contributed by atoms with Crippen LogP contribution in [0.3, 0.4) is 0 Å². The molecular weight excluding hydrogens is 368 g/mol. The number of ether oxygens (including phenoxy) is 1. The first-order valence-electron chi connectivity index (χ1n) is 11.3. The number of carbonyl (C=O) groups is 1. The maximum absolute atomic E-state index is 12.9. The minimum absolute atomic E-state index is 0.154. The number of aryl methyl sites for hydroxylation is 2. The summed E-state index contributed by atoms with van der Waals surface area (Å²) in [5.41, 5.74) is 1.73. The van der Waals surface area contributed by atoms with Crippen molar-refractivity contribution in [1.29, 1.82) is 0 Å². The molecule has 1 saturated heterocycles. The van der Waals surface area contributed by atoms with Crippen LogP contribution in [0, 0.1) is 5.41 Å². The first-order chi connectivity index (χ1) is 13.7. The highest BCUT2D eigenvalue weighted by Gasteiger charge is 2.39. The Kier molecular flexibility index (Phi) is 6.74. The minimum Gasteiger partial charge on any atom is -0.381 e. The van der Waals surface area contributed by atoms with Crippen molar-refractivity contribution in [2.45, 2.75) is 76.7 Å². The van der Waals surface area contributed by atoms with E-state index in [-0.39, 0.29) is 5.91 Å². The molecule has 156 valence electrons. The molecule has 28 heavy (non-hydrogen) atoms. The monoisotopic (exact) mass is 404 g/mol. The molecule has 1 aromatic heterocycles. The van der Waals surface area contributed by atoms with Gasteiger partial charge in [0.2, 0.25) is 0 Å². The van der Waals surface area contributed by atoms with Crippen LogP contribution >= 0.6 is 11.3 Å². The van der Waals surface area contributed by atoms with Gasteiger partial charge in [-0.2, -0.15) is 0 Å². The molecule has 0 spiro atoms. The second-order valence-electron chi connectivity index (χ2n) is 9.22. The molecule has 5 heteroatoms. The third-order valence-electron chi connectivity index (χ3n) is 7.19. The number of piperidine rings is 1. The quantitative estimate of drug-likeness (QED) is 0.763. The number of hydrogen-bond acceptors (Lipinski definition) is 4. The molecule has 3 aliphatic rings. The molecule has 4 rings (SSSR count). The zero-order valence-electron chi connectivity index (χ0n) is 17.4. The lowest BCUT2D eigenvalue weighted by Gasteiger charge is -2.46. The van der Waals surface area contributed by atoms with E-state index in [0.29, 0.717) is 11.5 Å². The number of amides is 1. The Bertz CT molecular complexity index is 634. The maximum atomic E-state index is 12.9. The molecule has 1 aliphatic heterocycles. The number of carbonyl (C=O) groups excluding carboxylic acids is 1. The molecule has 1 N–H and O–H groups in total. The predicted octanol–water partition coefficient (Wildman–Crippen LogP) is 4.42. The van der Waals surface area contributed by atoms with Crippen molar-refractivity contribution in [3.63, 3.8) is 0 Å². The van der Waals surface area contributed by atoms with E-state index in [0.717, 1.165) is 56.7 Å². The smallest absolute Gasteiger partial charge is 0.261 e. The van der Waals surface area contributed by atoms with E-state index in [1.54, 1.807) is 11.3 Å². The topological polar surface area (TPSA) is 41.6 Å². The van der Waals surface area contributed by atoms with Crippen molar-refractivity contribution >= 4 is 17.2 Å². The Morgan fingerprint density at radius 2 is 1.93 bits per heavy atom. The summed E-state index contributed by atoms with van der Waals surface area (Å²) in [6, 6.07) is 2.18. The lowest BCUT2D eigenvalue weighted by atomic mass is 9.68. The van der Waals surface area contributed by atoms with E-state index < -0.39 is 0 Å². The summed E-state index contributed by atoms with van der Waals surface area (Å²) in [6.07, 6.45) is 14.0. The minimum atomic E-state index is 0.154. The molecule has 0 radical (unpaired) electrons. The second-order valence-corrected chi connectivity index (χ2v) is 10.4. The maximum Gasteiger partial charge on any atom is 0.261 e. The number of hydrogen-bond donors (Lipinski definition) is 1. The fourth-order valence-corrected chi connectivity index (χ4v) is 6.33. The SMILES string of the molecule is COC1CCN(CC2(CNC(=O)c3cc4c(s3)CCCCCC4)CCC2)CC1. The standard InChI is InChI=1S/C23H36N2O2S/c1-27-19-9-13-25(14-10-19)17-23(11-6-12-23)16-24-22(26)21-15-18-7-4-2-3-5-8-20(18)28-21/h15,19H,2-14,16-17H2,1H3,(H,24,26).